The molecule has 4 aliphatic rings. The van der Waals surface area contributed by atoms with Crippen molar-refractivity contribution in [1.82, 2.24) is 25.2 Å². The molecule has 1 atom stereocenters. The third-order valence-corrected chi connectivity index (χ3v) is 12.8. The Morgan fingerprint density at radius 2 is 1.74 bits per heavy atom. The molecule has 3 amide bonds. The number of nitrogens with zero attached hydrogens (tertiary/aromatic N) is 6. The van der Waals surface area contributed by atoms with Gasteiger partial charge in [-0.1, -0.05) is 29.4 Å². The summed E-state index contributed by atoms with van der Waals surface area (Å²) < 4.78 is 0. The van der Waals surface area contributed by atoms with E-state index in [0.29, 0.717) is 40.3 Å². The summed E-state index contributed by atoms with van der Waals surface area (Å²) in [7, 11) is 0. The standard InChI is InChI=1S/C38H49ClN10O3S/c1-38(41)12-19-49(20-13-38)31-22-43-37(34(40)45-31)53-29-4-2-3-28(33(29)39)44-35(51)25-10-15-47(16-11-25)23-24-8-17-48(18-9-24)30-21-26(7-14-42-30)27-5-6-32(50)46-36(27)52/h2-4,7,14,21-22,24-25,27H,5-6,8-13,15-20,23,41H2,1H3,(H2,40,45)(H,44,51)(H,46,50,52). The summed E-state index contributed by atoms with van der Waals surface area (Å²) in [5.74, 6) is 1.73. The van der Waals surface area contributed by atoms with Gasteiger partial charge in [-0.2, -0.15) is 0 Å². The third kappa shape index (κ3) is 9.05. The van der Waals surface area contributed by atoms with Crippen LogP contribution in [0.15, 0.2) is 52.6 Å². The Labute approximate surface area is 320 Å². The van der Waals surface area contributed by atoms with Crippen LogP contribution in [0.5, 0.6) is 0 Å². The zero-order chi connectivity index (χ0) is 37.1. The first kappa shape index (κ1) is 37.3. The number of pyridine rings is 1. The Kier molecular flexibility index (Phi) is 11.4. The first-order chi connectivity index (χ1) is 25.5. The molecule has 4 aliphatic heterocycles. The number of anilines is 4. The molecule has 2 aromatic heterocycles. The molecule has 0 aliphatic carbocycles. The van der Waals surface area contributed by atoms with Gasteiger partial charge < -0.3 is 31.5 Å². The summed E-state index contributed by atoms with van der Waals surface area (Å²) in [6, 6.07) is 9.48. The zero-order valence-corrected chi connectivity index (χ0v) is 31.8. The molecular weight excluding hydrogens is 712 g/mol. The predicted octanol–water partition coefficient (Wildman–Crippen LogP) is 4.66. The molecular formula is C38H49ClN10O3S. The molecule has 0 saturated carbocycles. The maximum atomic E-state index is 13.4. The number of imide groups is 1. The minimum atomic E-state index is -0.308. The average molecular weight is 761 g/mol. The summed E-state index contributed by atoms with van der Waals surface area (Å²) in [6.45, 7) is 8.31. The smallest absolute Gasteiger partial charge is 0.234 e. The number of amides is 3. The molecule has 0 bridgehead atoms. The second kappa shape index (κ2) is 16.2. The van der Waals surface area contributed by atoms with Crippen molar-refractivity contribution in [2.45, 2.75) is 79.7 Å². The van der Waals surface area contributed by atoms with Crippen LogP contribution in [0.25, 0.3) is 0 Å². The molecule has 15 heteroatoms. The fraction of sp³-hybridized carbons (Fsp3) is 0.526. The van der Waals surface area contributed by atoms with Crippen LogP contribution in [0.1, 0.15) is 69.8 Å². The Balaban J connectivity index is 0.862. The first-order valence-corrected chi connectivity index (χ1v) is 19.9. The molecule has 282 valence electrons. The van der Waals surface area contributed by atoms with Crippen LogP contribution in [0, 0.1) is 11.8 Å². The number of benzene rings is 1. The highest BCUT2D eigenvalue weighted by Crippen LogP contribution is 2.39. The van der Waals surface area contributed by atoms with Gasteiger partial charge in [-0.05, 0) is 101 Å². The SMILES string of the molecule is CC1(N)CCN(c2cnc(Sc3cccc(NC(=O)C4CCN(CC5CCN(c6cc(C7CCC(=O)NC7=O)ccn6)CC5)CC4)c3Cl)c(N)n2)CC1. The van der Waals surface area contributed by atoms with Gasteiger partial charge >= 0.3 is 0 Å². The molecule has 53 heavy (non-hydrogen) atoms. The van der Waals surface area contributed by atoms with Crippen LogP contribution in [0.4, 0.5) is 23.1 Å². The maximum Gasteiger partial charge on any atom is 0.234 e. The molecule has 7 rings (SSSR count). The van der Waals surface area contributed by atoms with Gasteiger partial charge in [-0.15, -0.1) is 0 Å². The minimum Gasteiger partial charge on any atom is -0.381 e. The van der Waals surface area contributed by atoms with Crippen LogP contribution >= 0.6 is 23.4 Å². The molecule has 4 fully saturated rings. The fourth-order valence-electron chi connectivity index (χ4n) is 7.81. The van der Waals surface area contributed by atoms with Crippen LogP contribution in [0.2, 0.25) is 5.02 Å². The third-order valence-electron chi connectivity index (χ3n) is 11.2. The van der Waals surface area contributed by atoms with Crippen molar-refractivity contribution in [2.24, 2.45) is 17.6 Å². The van der Waals surface area contributed by atoms with E-state index in [9.17, 15) is 14.4 Å². The highest BCUT2D eigenvalue weighted by atomic mass is 35.5. The normalized spacial score (nSPS) is 21.8. The molecule has 0 spiro atoms. The van der Waals surface area contributed by atoms with Gasteiger partial charge in [0.05, 0.1) is 22.8 Å². The molecule has 6 N–H and O–H groups in total. The van der Waals surface area contributed by atoms with Gasteiger partial charge in [-0.3, -0.25) is 19.7 Å². The van der Waals surface area contributed by atoms with Crippen LogP contribution in [0.3, 0.4) is 0 Å². The van der Waals surface area contributed by atoms with Gasteiger partial charge in [0, 0.05) is 61.7 Å². The molecule has 1 aromatic carbocycles. The number of nitrogens with two attached hydrogens (primary N) is 2. The number of nitrogen functional groups attached to an aromatic ring is 1. The Bertz CT molecular complexity index is 1820. The predicted molar refractivity (Wildman–Crippen MR) is 208 cm³/mol. The maximum absolute atomic E-state index is 13.4. The van der Waals surface area contributed by atoms with Crippen molar-refractivity contribution in [3.63, 3.8) is 0 Å². The van der Waals surface area contributed by atoms with E-state index in [2.05, 4.69) is 47.2 Å². The molecule has 6 heterocycles. The highest BCUT2D eigenvalue weighted by molar-refractivity contribution is 7.99. The quantitative estimate of drug-likeness (QED) is 0.222. The Hall–Kier alpha value is -3.98. The van der Waals surface area contributed by atoms with Gasteiger partial charge in [0.15, 0.2) is 5.82 Å². The van der Waals surface area contributed by atoms with Gasteiger partial charge in [0.2, 0.25) is 17.7 Å². The molecule has 1 unspecified atom stereocenters. The van der Waals surface area contributed by atoms with E-state index in [0.717, 1.165) is 106 Å². The lowest BCUT2D eigenvalue weighted by Crippen LogP contribution is -2.48. The van der Waals surface area contributed by atoms with Crippen LogP contribution < -0.4 is 31.9 Å². The number of carbonyl (C=O) groups is 3. The second-order valence-electron chi connectivity index (χ2n) is 15.2. The largest absolute Gasteiger partial charge is 0.381 e. The topological polar surface area (TPSA) is 176 Å². The van der Waals surface area contributed by atoms with Crippen LogP contribution in [-0.4, -0.2) is 88.9 Å². The average Bonchev–Trinajstić information content (AvgIpc) is 3.14. The van der Waals surface area contributed by atoms with Gasteiger partial charge in [0.25, 0.3) is 0 Å². The Morgan fingerprint density at radius 1 is 1.00 bits per heavy atom. The van der Waals surface area contributed by atoms with Crippen molar-refractivity contribution in [3.05, 3.63) is 53.3 Å². The second-order valence-corrected chi connectivity index (χ2v) is 16.6. The first-order valence-electron chi connectivity index (χ1n) is 18.7. The number of nitrogens with one attached hydrogen (secondary N) is 2. The van der Waals surface area contributed by atoms with E-state index in [1.165, 1.54) is 11.8 Å². The van der Waals surface area contributed by atoms with E-state index in [1.807, 2.05) is 30.3 Å². The molecule has 3 aromatic rings. The van der Waals surface area contributed by atoms with E-state index >= 15 is 0 Å². The van der Waals surface area contributed by atoms with Crippen molar-refractivity contribution in [3.8, 4) is 0 Å². The lowest BCUT2D eigenvalue weighted by atomic mass is 9.90. The lowest BCUT2D eigenvalue weighted by molar-refractivity contribution is -0.134. The minimum absolute atomic E-state index is 0.00665. The molecule has 13 nitrogen and oxygen atoms in total. The van der Waals surface area contributed by atoms with Crippen molar-refractivity contribution >= 4 is 64.2 Å². The fourth-order valence-corrected chi connectivity index (χ4v) is 8.91. The number of likely N-dealkylation sites (tertiary alicyclic amines) is 1. The number of piperidine rings is 4. The summed E-state index contributed by atoms with van der Waals surface area (Å²) in [4.78, 5) is 58.9. The number of carbonyl (C=O) groups excluding carboxylic acids is 3. The van der Waals surface area contributed by atoms with Crippen LogP contribution in [-0.2, 0) is 14.4 Å². The monoisotopic (exact) mass is 760 g/mol. The number of rotatable bonds is 9. The van der Waals surface area contributed by atoms with E-state index in [-0.39, 0.29) is 35.1 Å². The number of halogens is 1. The molecule has 4 saturated heterocycles. The number of aromatic nitrogens is 3. The summed E-state index contributed by atoms with van der Waals surface area (Å²) in [5, 5.41) is 6.57. The highest BCUT2D eigenvalue weighted by Gasteiger charge is 2.31. The lowest BCUT2D eigenvalue weighted by Gasteiger charge is -2.38. The zero-order valence-electron chi connectivity index (χ0n) is 30.2. The summed E-state index contributed by atoms with van der Waals surface area (Å²) in [5.41, 5.74) is 14.0. The van der Waals surface area contributed by atoms with Crippen molar-refractivity contribution in [2.75, 3.05) is 66.7 Å². The van der Waals surface area contributed by atoms with E-state index < -0.39 is 0 Å². The number of hydrogen-bond donors (Lipinski definition) is 4. The van der Waals surface area contributed by atoms with Crippen molar-refractivity contribution < 1.29 is 14.4 Å². The van der Waals surface area contributed by atoms with Crippen molar-refractivity contribution in [1.29, 1.82) is 0 Å². The molecule has 0 radical (unpaired) electrons. The Morgan fingerprint density at radius 3 is 2.45 bits per heavy atom. The van der Waals surface area contributed by atoms with Gasteiger partial charge in [0.1, 0.15) is 16.7 Å². The van der Waals surface area contributed by atoms with Gasteiger partial charge in [-0.25, -0.2) is 15.0 Å². The summed E-state index contributed by atoms with van der Waals surface area (Å²) in [6.07, 6.45) is 9.89. The van der Waals surface area contributed by atoms with E-state index in [1.54, 1.807) is 12.4 Å². The van der Waals surface area contributed by atoms with E-state index in [4.69, 9.17) is 23.1 Å². The number of hydrogen-bond acceptors (Lipinski definition) is 12. The summed E-state index contributed by atoms with van der Waals surface area (Å²) >= 11 is 8.16.